The van der Waals surface area contributed by atoms with Crippen molar-refractivity contribution in [1.29, 1.82) is 5.41 Å². The Morgan fingerprint density at radius 2 is 0.762 bits per heavy atom. The normalized spacial score (nSPS) is 13.4. The molecule has 59 nitrogen and oxygen atoms in total. The van der Waals surface area contributed by atoms with Crippen LogP contribution < -0.4 is 109 Å². The van der Waals surface area contributed by atoms with Gasteiger partial charge in [-0.15, -0.1) is 0 Å². The Hall–Kier alpha value is -12.0. The molecule has 3 aromatic rings. The van der Waals surface area contributed by atoms with Crippen LogP contribution in [0.5, 0.6) is 5.75 Å². The van der Waals surface area contributed by atoms with Crippen LogP contribution in [0.4, 0.5) is 0 Å². The van der Waals surface area contributed by atoms with Gasteiger partial charge in [-0.2, -0.15) is 11.8 Å². The van der Waals surface area contributed by atoms with E-state index in [2.05, 4.69) is 21.0 Å². The third kappa shape index (κ3) is 117. The van der Waals surface area contributed by atoms with E-state index < -0.39 is 205 Å². The Morgan fingerprint density at radius 3 is 1.00 bits per heavy atom. The molecule has 2 aromatic carbocycles. The van der Waals surface area contributed by atoms with Gasteiger partial charge >= 0.3 is 101 Å². The predicted molar refractivity (Wildman–Crippen MR) is 530 cm³/mol. The van der Waals surface area contributed by atoms with Gasteiger partial charge in [-0.05, 0) is 131 Å². The molecule has 830 valence electrons. The van der Waals surface area contributed by atoms with Crippen LogP contribution in [0, 0.1) is 23.2 Å². The van der Waals surface area contributed by atoms with E-state index in [1.807, 2.05) is 64.3 Å². The number of aromatic hydroxyl groups is 1. The Labute approximate surface area is 837 Å². The lowest BCUT2D eigenvalue weighted by Crippen LogP contribution is -2.39. The summed E-state index contributed by atoms with van der Waals surface area (Å²) in [7, 11) is 2.41. The lowest BCUT2D eigenvalue weighted by Gasteiger charge is -2.11. The van der Waals surface area contributed by atoms with Crippen molar-refractivity contribution < 1.29 is 184 Å². The summed E-state index contributed by atoms with van der Waals surface area (Å²) in [5.41, 5.74) is 94.3. The molecule has 0 aliphatic heterocycles. The minimum absolute atomic E-state index is 0.0208. The first-order valence-corrected chi connectivity index (χ1v) is 46.1. The van der Waals surface area contributed by atoms with E-state index in [0.29, 0.717) is 63.2 Å². The Kier molecular flexibility index (Phi) is 108. The number of nitrogens with two attached hydrogens (primary N) is 18. The number of phenols is 1. The molecule has 143 heavy (non-hydrogen) atoms. The third-order valence-corrected chi connectivity index (χ3v) is 19.0. The fourth-order valence-electron chi connectivity index (χ4n) is 6.78. The molecule has 0 aliphatic carbocycles. The van der Waals surface area contributed by atoms with Crippen molar-refractivity contribution in [3.8, 4) is 5.75 Å². The van der Waals surface area contributed by atoms with Crippen molar-refractivity contribution in [3.63, 3.8) is 0 Å². The summed E-state index contributed by atoms with van der Waals surface area (Å²) in [6.07, 6.45) is 9.82. The zero-order valence-electron chi connectivity index (χ0n) is 80.9. The number of aliphatic carboxylic acids is 17. The quantitative estimate of drug-likeness (QED) is 0.0108. The van der Waals surface area contributed by atoms with Crippen molar-refractivity contribution in [2.75, 3.05) is 49.8 Å². The lowest BCUT2D eigenvalue weighted by atomic mass is 10.0. The van der Waals surface area contributed by atoms with E-state index in [1.54, 1.807) is 43.9 Å². The molecule has 0 fully saturated rings. The van der Waals surface area contributed by atoms with Gasteiger partial charge in [-0.1, -0.05) is 118 Å². The molecule has 0 unspecified atom stereocenters. The molecule has 62 heteroatoms. The molecule has 1 heterocycles. The smallest absolute Gasteiger partial charge is 0.323 e. The zero-order chi connectivity index (χ0) is 115. The highest BCUT2D eigenvalue weighted by Gasteiger charge is 2.22. The second-order valence-electron chi connectivity index (χ2n) is 29.8. The highest BCUT2D eigenvalue weighted by molar-refractivity contribution is 8.76. The van der Waals surface area contributed by atoms with Gasteiger partial charge in [0.2, 0.25) is 0 Å². The zero-order valence-corrected chi connectivity index (χ0v) is 83.4. The van der Waals surface area contributed by atoms with Crippen molar-refractivity contribution >= 4 is 141 Å². The Morgan fingerprint density at radius 1 is 0.420 bits per heavy atom. The molecule has 1 aromatic heterocycles. The van der Waals surface area contributed by atoms with Crippen LogP contribution >= 0.6 is 33.3 Å². The molecular weight excluding hydrogens is 1970 g/mol. The minimum Gasteiger partial charge on any atom is -0.508 e. The van der Waals surface area contributed by atoms with Crippen molar-refractivity contribution in [2.24, 2.45) is 121 Å². The average Bonchev–Trinajstić information content (AvgIpc) is 1.76. The number of phenolic OH excluding ortho intramolecular Hbond substituents is 1. The van der Waals surface area contributed by atoms with Gasteiger partial charge in [-0.25, -0.2) is 4.98 Å². The summed E-state index contributed by atoms with van der Waals surface area (Å²) < 4.78 is 0. The van der Waals surface area contributed by atoms with Gasteiger partial charge in [0.25, 0.3) is 0 Å². The van der Waals surface area contributed by atoms with Gasteiger partial charge in [0.05, 0.1) is 31.3 Å². The number of rotatable bonds is 48. The number of imidazole rings is 1. The first-order valence-electron chi connectivity index (χ1n) is 42.2. The molecule has 17 atom stereocenters. The molecular formula is C81H156N22O37S3. The number of aliphatic hydroxyl groups excluding tert-OH is 2. The molecule has 0 saturated heterocycles. The monoisotopic (exact) mass is 2130 g/mol. The average molecular weight is 2130 g/mol. The highest BCUT2D eigenvalue weighted by atomic mass is 33.1. The lowest BCUT2D eigenvalue weighted by molar-refractivity contribution is -0.141. The number of aromatic amines is 1. The van der Waals surface area contributed by atoms with Crippen LogP contribution in [0.2, 0.25) is 0 Å². The van der Waals surface area contributed by atoms with Gasteiger partial charge in [0.15, 0.2) is 5.96 Å². The number of benzene rings is 2. The SMILES string of the molecule is CC(C)C[C@H](N)C(=O)O.CC(C)[C@H](N)C(=O)O.CC[C@H](C)[C@H](N)C(=O)O.CSCC[C@H](N)C(=O)O.C[C@@H](O)[C@H](N)C(=O)O.C[C@H](N)C(=O)O.N=C(N)NCCC[C@H](N)C(=O)O.NCC(=O)O.NCCCC[C@H](N)C(=O)O.N[C@@H](CCC(=O)O)C(=O)O.N[C@@H](CO)C(=O)O.N[C@@H](CSSC[C@H](N)C(=O)O)C(=O)O.N[C@@H](Cc1c[nH]cn1)C(=O)O.N[C@@H](Cc1ccc(O)cc1)C(=O)O.N[C@@H](Cc1ccccc1)C(=O)O. The molecule has 0 saturated carbocycles. The number of aromatic nitrogens is 2. The predicted octanol–water partition coefficient (Wildman–Crippen LogP) is -6.29. The topological polar surface area (TPSA) is 1230 Å². The summed E-state index contributed by atoms with van der Waals surface area (Å²) in [6, 6.07) is 2.87. The number of nitrogens with one attached hydrogen (secondary N) is 3. The number of H-pyrrole nitrogens is 1. The summed E-state index contributed by atoms with van der Waals surface area (Å²) >= 11 is 1.60. The minimum atomic E-state index is -1.18. The molecule has 59 N–H and O–H groups in total. The van der Waals surface area contributed by atoms with E-state index in [4.69, 9.17) is 205 Å². The standard InChI is InChI=1S/C9H11NO3.C9H11NO2.C6H14N4O2.C6H9N3O2.C6H12N2O4S2.C6H14N2O2.2C6H13NO2.C5H9NO4.C5H11NO2S.C5H11NO2.C4H9NO3.C3H7NO3.C3H7NO2.C2H5NO2/c10-8(9(12)13)5-6-1-3-7(11)4-2-6;10-8(9(11)12)6-7-4-2-1-3-5-7;7-4(5(11)12)2-1-3-10-6(8)9;7-5(6(10)11)1-4-2-8-3-9-4;7-3(5(9)10)1-13-14-2-4(8)6(11)12;7-4-2-1-3-5(8)6(9)10;1-4(2)3-5(7)6(8)9;1-3-4(2)5(7)6(8)9;6-3(5(9)10)1-2-4(7)8;1-9-3-2-4(6)5(7)8;1-3(2)4(6)5(7)8;1-2(6)3(5)4(7)8;4-2(1-5)3(6)7;1-2(4)3(5)6;3-1-2(4)5/h1-4,8,11H,5,10H2,(H,12,13);1-5,8H,6,10H2,(H,11,12);4H,1-3,7H2,(H,11,12)(H4,8,9,10);2-3,5H,1,7H2,(H,8,9)(H,10,11);3-4H,1-2,7-8H2,(H,9,10)(H,11,12);5H,1-4,7-8H2,(H,9,10);2*4-5H,3,7H2,1-2H3,(H,8,9);3H,1-2,6H2,(H,7,8)(H,9,10);4H,2-3,6H2,1H3,(H,7,8);3-4H,6H2,1-2H3,(H,7,8);2-3,6H,5H2,1H3,(H,7,8);2,5H,1,4H2,(H,6,7);2H,4H2,1H3,(H,5,6);1,3H2,(H,4,5)/t2*8-;4-;5-;3-,4-;2*5-;4-,5-;3-;2*4-;2-,3+;2*2-;/m00000000000100./s1. The Balaban J connectivity index is -0.000000129. The maximum absolute atomic E-state index is 10.4. The molecule has 0 radical (unpaired) electrons. The van der Waals surface area contributed by atoms with Crippen molar-refractivity contribution in [1.82, 2.24) is 15.3 Å². The fourth-order valence-corrected chi connectivity index (χ4v) is 9.49. The van der Waals surface area contributed by atoms with Crippen LogP contribution in [-0.4, -0.2) is 366 Å². The highest BCUT2D eigenvalue weighted by Crippen LogP contribution is 2.22. The van der Waals surface area contributed by atoms with Crippen LogP contribution in [-0.2, 0) is 101 Å². The van der Waals surface area contributed by atoms with Crippen molar-refractivity contribution in [3.05, 3.63) is 83.9 Å². The number of hydrogen-bond donors (Lipinski definition) is 41. The molecule has 0 aliphatic rings. The first-order chi connectivity index (χ1) is 65.7. The first kappa shape index (κ1) is 156. The number of hydrogen-bond acceptors (Lipinski definition) is 42. The van der Waals surface area contributed by atoms with E-state index >= 15 is 0 Å². The Bertz CT molecular complexity index is 3900. The van der Waals surface area contributed by atoms with Gasteiger partial charge < -0.3 is 216 Å². The summed E-state index contributed by atoms with van der Waals surface area (Å²) in [6.45, 7) is 14.3. The van der Waals surface area contributed by atoms with Crippen LogP contribution in [0.1, 0.15) is 136 Å². The number of carboxylic acid groups (broad SMARTS) is 17. The number of guanidine groups is 1. The number of aliphatic hydroxyl groups is 2. The summed E-state index contributed by atoms with van der Waals surface area (Å²) in [4.78, 5) is 177. The number of thioether (sulfide) groups is 1. The largest absolute Gasteiger partial charge is 0.508 e. The van der Waals surface area contributed by atoms with Crippen LogP contribution in [0.15, 0.2) is 67.1 Å². The maximum atomic E-state index is 10.4. The maximum Gasteiger partial charge on any atom is 0.323 e. The molecule has 3 rings (SSSR count). The van der Waals surface area contributed by atoms with Gasteiger partial charge in [0.1, 0.15) is 96.4 Å². The second kappa shape index (κ2) is 98.8. The number of carboxylic acids is 17. The second-order valence-corrected chi connectivity index (χ2v) is 33.3. The molecule has 0 bridgehead atoms. The van der Waals surface area contributed by atoms with E-state index in [1.165, 1.54) is 53.9 Å². The molecule has 0 amide bonds. The van der Waals surface area contributed by atoms with E-state index in [-0.39, 0.29) is 67.3 Å². The number of nitrogens with zero attached hydrogens (tertiary/aromatic N) is 1. The van der Waals surface area contributed by atoms with Crippen LogP contribution in [0.25, 0.3) is 0 Å². The summed E-state index contributed by atoms with van der Waals surface area (Å²) in [5, 5.41) is 175. The number of unbranched alkanes of at least 4 members (excludes halogenated alkanes) is 1. The summed E-state index contributed by atoms with van der Waals surface area (Å²) in [5.74, 6) is -15.4. The van der Waals surface area contributed by atoms with Crippen LogP contribution in [0.3, 0.4) is 0 Å². The number of carbonyl (C=O) groups is 17. The van der Waals surface area contributed by atoms with E-state index in [0.717, 1.165) is 36.1 Å². The van der Waals surface area contributed by atoms with Crippen molar-refractivity contribution in [2.45, 2.75) is 236 Å². The van der Waals surface area contributed by atoms with Gasteiger partial charge in [0, 0.05) is 37.1 Å². The molecule has 0 spiro atoms. The third-order valence-electron chi connectivity index (χ3n) is 15.9. The van der Waals surface area contributed by atoms with E-state index in [9.17, 15) is 81.5 Å². The fraction of sp³-hybridized carbons (Fsp3) is 0.593. The van der Waals surface area contributed by atoms with Gasteiger partial charge in [-0.3, -0.25) is 86.9 Å².